The number of carboxylic acids is 1. The van der Waals surface area contributed by atoms with Crippen LogP contribution >= 0.6 is 11.3 Å². The summed E-state index contributed by atoms with van der Waals surface area (Å²) in [4.78, 5) is 19.1. The first kappa shape index (κ1) is 13.5. The predicted molar refractivity (Wildman–Crippen MR) is 71.9 cm³/mol. The van der Waals surface area contributed by atoms with Crippen molar-refractivity contribution in [2.75, 3.05) is 13.1 Å². The van der Waals surface area contributed by atoms with E-state index in [0.717, 1.165) is 17.2 Å². The molecule has 0 amide bonds. The van der Waals surface area contributed by atoms with E-state index in [1.54, 1.807) is 11.3 Å². The van der Waals surface area contributed by atoms with Crippen LogP contribution in [-0.2, 0) is 4.79 Å². The van der Waals surface area contributed by atoms with Gasteiger partial charge >= 0.3 is 5.97 Å². The minimum atomic E-state index is -0.672. The molecule has 0 saturated carbocycles. The highest BCUT2D eigenvalue weighted by Gasteiger charge is 2.37. The third-order valence-corrected chi connectivity index (χ3v) is 5.07. The monoisotopic (exact) mass is 268 g/mol. The Hall–Kier alpha value is -0.940. The first-order valence-electron chi connectivity index (χ1n) is 6.31. The van der Waals surface area contributed by atoms with E-state index in [0.29, 0.717) is 6.54 Å². The lowest BCUT2D eigenvalue weighted by atomic mass is 9.99. The number of hydrogen-bond donors (Lipinski definition) is 1. The maximum Gasteiger partial charge on any atom is 0.308 e. The molecule has 0 bridgehead atoms. The van der Waals surface area contributed by atoms with Gasteiger partial charge in [0, 0.05) is 24.0 Å². The molecule has 1 N–H and O–H groups in total. The molecular weight excluding hydrogens is 248 g/mol. The van der Waals surface area contributed by atoms with Crippen LogP contribution in [-0.4, -0.2) is 34.0 Å². The van der Waals surface area contributed by atoms with Gasteiger partial charge in [-0.05, 0) is 26.7 Å². The molecule has 0 aliphatic carbocycles. The highest BCUT2D eigenvalue weighted by atomic mass is 32.1. The van der Waals surface area contributed by atoms with E-state index < -0.39 is 5.97 Å². The molecule has 100 valence electrons. The number of rotatable bonds is 3. The summed E-state index contributed by atoms with van der Waals surface area (Å²) in [5.74, 6) is -0.685. The molecule has 0 aromatic carbocycles. The van der Waals surface area contributed by atoms with E-state index in [1.807, 2.05) is 20.8 Å². The molecule has 3 unspecified atom stereocenters. The number of aryl methyl sites for hydroxylation is 2. The van der Waals surface area contributed by atoms with Crippen LogP contribution in [0, 0.1) is 25.7 Å². The molecule has 1 fully saturated rings. The number of likely N-dealkylation sites (tertiary alicyclic amines) is 1. The average Bonchev–Trinajstić information content (AvgIpc) is 2.81. The molecular formula is C13H20N2O2S. The van der Waals surface area contributed by atoms with Crippen molar-refractivity contribution in [3.8, 4) is 0 Å². The summed E-state index contributed by atoms with van der Waals surface area (Å²) in [5.41, 5.74) is 1.08. The molecule has 5 heteroatoms. The van der Waals surface area contributed by atoms with Crippen molar-refractivity contribution in [3.63, 3.8) is 0 Å². The number of aliphatic carboxylic acids is 1. The number of nitrogens with zero attached hydrogens (tertiary/aromatic N) is 2. The van der Waals surface area contributed by atoms with Crippen molar-refractivity contribution in [1.82, 2.24) is 9.88 Å². The Balaban J connectivity index is 2.14. The van der Waals surface area contributed by atoms with E-state index in [1.165, 1.54) is 4.88 Å². The largest absolute Gasteiger partial charge is 0.481 e. The van der Waals surface area contributed by atoms with E-state index in [9.17, 15) is 9.90 Å². The van der Waals surface area contributed by atoms with Gasteiger partial charge in [0.25, 0.3) is 0 Å². The van der Waals surface area contributed by atoms with Crippen LogP contribution in [0.3, 0.4) is 0 Å². The lowest BCUT2D eigenvalue weighted by Crippen LogP contribution is -2.26. The Bertz CT molecular complexity index is 458. The minimum Gasteiger partial charge on any atom is -0.481 e. The van der Waals surface area contributed by atoms with Crippen LogP contribution in [0.1, 0.15) is 35.5 Å². The van der Waals surface area contributed by atoms with Crippen LogP contribution in [0.4, 0.5) is 0 Å². The summed E-state index contributed by atoms with van der Waals surface area (Å²) in [6.07, 6.45) is 0. The number of carbonyl (C=O) groups is 1. The molecule has 1 aliphatic heterocycles. The topological polar surface area (TPSA) is 53.4 Å². The van der Waals surface area contributed by atoms with Crippen LogP contribution in [0.25, 0.3) is 0 Å². The molecule has 0 radical (unpaired) electrons. The predicted octanol–water partition coefficient (Wildman–Crippen LogP) is 2.47. The van der Waals surface area contributed by atoms with Crippen molar-refractivity contribution in [1.29, 1.82) is 0 Å². The van der Waals surface area contributed by atoms with Gasteiger partial charge in [0.15, 0.2) is 0 Å². The lowest BCUT2D eigenvalue weighted by molar-refractivity contribution is -0.142. The molecule has 2 heterocycles. The maximum absolute atomic E-state index is 11.2. The number of thiazole rings is 1. The minimum absolute atomic E-state index is 0.222. The van der Waals surface area contributed by atoms with Crippen molar-refractivity contribution >= 4 is 17.3 Å². The molecule has 1 aromatic rings. The number of aromatic nitrogens is 1. The van der Waals surface area contributed by atoms with E-state index in [-0.39, 0.29) is 17.9 Å². The van der Waals surface area contributed by atoms with Gasteiger partial charge in [-0.25, -0.2) is 4.98 Å². The highest BCUT2D eigenvalue weighted by molar-refractivity contribution is 7.11. The summed E-state index contributed by atoms with van der Waals surface area (Å²) in [7, 11) is 0. The zero-order valence-electron chi connectivity index (χ0n) is 11.3. The first-order chi connectivity index (χ1) is 8.40. The zero-order chi connectivity index (χ0) is 13.4. The second-order valence-corrected chi connectivity index (χ2v) is 6.47. The molecule has 1 aromatic heterocycles. The van der Waals surface area contributed by atoms with Gasteiger partial charge in [0.05, 0.1) is 16.6 Å². The molecule has 1 saturated heterocycles. The second kappa shape index (κ2) is 4.97. The Kier molecular flexibility index (Phi) is 3.73. The molecule has 1 aliphatic rings. The molecule has 3 atom stereocenters. The fourth-order valence-electron chi connectivity index (χ4n) is 2.74. The third-order valence-electron chi connectivity index (χ3n) is 3.82. The average molecular weight is 268 g/mol. The zero-order valence-corrected chi connectivity index (χ0v) is 12.1. The standard InChI is InChI=1S/C13H20N2O2S/c1-7-5-15(6-11(7)13(16)17)9(3)12-8(2)14-10(4)18-12/h7,9,11H,5-6H2,1-4H3,(H,16,17). The Labute approximate surface area is 112 Å². The third kappa shape index (κ3) is 2.42. The maximum atomic E-state index is 11.2. The van der Waals surface area contributed by atoms with Crippen molar-refractivity contribution in [2.45, 2.75) is 33.7 Å². The molecule has 18 heavy (non-hydrogen) atoms. The summed E-state index contributed by atoms with van der Waals surface area (Å²) in [6.45, 7) is 9.72. The van der Waals surface area contributed by atoms with Crippen LogP contribution in [0.15, 0.2) is 0 Å². The normalized spacial score (nSPS) is 26.4. The van der Waals surface area contributed by atoms with Gasteiger partial charge in [0.2, 0.25) is 0 Å². The van der Waals surface area contributed by atoms with Crippen molar-refractivity contribution in [3.05, 3.63) is 15.6 Å². The van der Waals surface area contributed by atoms with Crippen LogP contribution < -0.4 is 0 Å². The highest BCUT2D eigenvalue weighted by Crippen LogP contribution is 2.34. The Morgan fingerprint density at radius 2 is 2.17 bits per heavy atom. The number of hydrogen-bond acceptors (Lipinski definition) is 4. The number of carboxylic acid groups (broad SMARTS) is 1. The fraction of sp³-hybridized carbons (Fsp3) is 0.692. The molecule has 4 nitrogen and oxygen atoms in total. The van der Waals surface area contributed by atoms with Gasteiger partial charge in [0.1, 0.15) is 0 Å². The van der Waals surface area contributed by atoms with Crippen LogP contribution in [0.2, 0.25) is 0 Å². The van der Waals surface area contributed by atoms with E-state index in [4.69, 9.17) is 0 Å². The van der Waals surface area contributed by atoms with E-state index >= 15 is 0 Å². The fourth-order valence-corrected chi connectivity index (χ4v) is 3.76. The van der Waals surface area contributed by atoms with Gasteiger partial charge in [-0.15, -0.1) is 11.3 Å². The van der Waals surface area contributed by atoms with Gasteiger partial charge in [-0.1, -0.05) is 6.92 Å². The summed E-state index contributed by atoms with van der Waals surface area (Å²) >= 11 is 1.72. The quantitative estimate of drug-likeness (QED) is 0.915. The van der Waals surface area contributed by atoms with Crippen molar-refractivity contribution in [2.24, 2.45) is 11.8 Å². The summed E-state index contributed by atoms with van der Waals surface area (Å²) < 4.78 is 0. The Morgan fingerprint density at radius 1 is 1.50 bits per heavy atom. The molecule has 0 spiro atoms. The SMILES string of the molecule is Cc1nc(C)c(C(C)N2CC(C)C(C(=O)O)C2)s1. The van der Waals surface area contributed by atoms with Gasteiger partial charge in [-0.3, -0.25) is 9.69 Å². The summed E-state index contributed by atoms with van der Waals surface area (Å²) in [6, 6.07) is 0.267. The van der Waals surface area contributed by atoms with E-state index in [2.05, 4.69) is 16.8 Å². The van der Waals surface area contributed by atoms with Crippen molar-refractivity contribution < 1.29 is 9.90 Å². The van der Waals surface area contributed by atoms with Gasteiger partial charge in [-0.2, -0.15) is 0 Å². The Morgan fingerprint density at radius 3 is 2.61 bits per heavy atom. The lowest BCUT2D eigenvalue weighted by Gasteiger charge is -2.23. The molecule has 2 rings (SSSR count). The van der Waals surface area contributed by atoms with Crippen LogP contribution in [0.5, 0.6) is 0 Å². The second-order valence-electron chi connectivity index (χ2n) is 5.23. The smallest absolute Gasteiger partial charge is 0.308 e. The summed E-state index contributed by atoms with van der Waals surface area (Å²) in [5, 5.41) is 10.3. The van der Waals surface area contributed by atoms with Gasteiger partial charge < -0.3 is 5.11 Å². The first-order valence-corrected chi connectivity index (χ1v) is 7.12.